The van der Waals surface area contributed by atoms with Gasteiger partial charge < -0.3 is 35.5 Å². The molecule has 1 aromatic carbocycles. The van der Waals surface area contributed by atoms with Crippen LogP contribution in [0, 0.1) is 11.8 Å². The highest BCUT2D eigenvalue weighted by molar-refractivity contribution is 7.09. The van der Waals surface area contributed by atoms with Crippen LogP contribution in [-0.4, -0.2) is 122 Å². The van der Waals surface area contributed by atoms with Gasteiger partial charge in [-0.25, -0.2) is 15.2 Å². The summed E-state index contributed by atoms with van der Waals surface area (Å²) in [6, 6.07) is 6.01. The third-order valence-electron chi connectivity index (χ3n) is 11.9. The Balaban J connectivity index is 1.48. The fourth-order valence-corrected chi connectivity index (χ4v) is 9.13. The van der Waals surface area contributed by atoms with Gasteiger partial charge >= 0.3 is 6.09 Å². The Kier molecular flexibility index (Phi) is 21.0. The number of nitrogens with two attached hydrogens (primary N) is 1. The van der Waals surface area contributed by atoms with Gasteiger partial charge in [0.1, 0.15) is 29.5 Å². The van der Waals surface area contributed by atoms with Gasteiger partial charge in [0.25, 0.3) is 5.91 Å². The number of ether oxygens (including phenoxy) is 3. The minimum atomic E-state index is -0.824. The largest absolute Gasteiger partial charge is 0.446 e. The van der Waals surface area contributed by atoms with Crippen LogP contribution in [0.15, 0.2) is 29.6 Å². The maximum atomic E-state index is 14.7. The van der Waals surface area contributed by atoms with Crippen molar-refractivity contribution >= 4 is 41.1 Å². The van der Waals surface area contributed by atoms with E-state index in [1.165, 1.54) is 11.3 Å². The molecule has 1 saturated heterocycles. The standard InChI is InChI=1S/C45H72N8O8S/c1-8-19-53(44(57)39(30(6)10-3)49-42(56)36-17-13-14-20-52(36)7)37(29(4)5)27-38(60-21-9-2)43-48-35(28-62-43)41(55)47-32-25-31-15-11-12-16-33(31)34(26-32)40(54)50-51-45(58)61-24-23-59-22-18-46/h11-12,15-16,28-30,32,34,36-39H,8-10,13-14,17-27,46H2,1-7H3,(H,47,55)(H,49,56)(H,50,54)(H,51,58). The first-order valence-corrected chi connectivity index (χ1v) is 23.5. The van der Waals surface area contributed by atoms with Crippen molar-refractivity contribution in [2.24, 2.45) is 17.6 Å². The number of rotatable bonds is 23. The first-order chi connectivity index (χ1) is 29.8. The van der Waals surface area contributed by atoms with Crippen molar-refractivity contribution in [1.29, 1.82) is 0 Å². The molecule has 17 heteroatoms. The van der Waals surface area contributed by atoms with E-state index in [2.05, 4.69) is 47.2 Å². The minimum Gasteiger partial charge on any atom is -0.446 e. The average molecular weight is 885 g/mol. The number of likely N-dealkylation sites (N-methyl/N-ethyl adjacent to an activating group) is 1. The van der Waals surface area contributed by atoms with E-state index in [1.807, 2.05) is 57.0 Å². The first kappa shape index (κ1) is 50.5. The predicted octanol–water partition coefficient (Wildman–Crippen LogP) is 4.84. The summed E-state index contributed by atoms with van der Waals surface area (Å²) >= 11 is 1.35. The third-order valence-corrected chi connectivity index (χ3v) is 12.8. The molecule has 4 rings (SSSR count). The molecule has 2 aliphatic rings. The zero-order valence-electron chi connectivity index (χ0n) is 37.9. The lowest BCUT2D eigenvalue weighted by Crippen LogP contribution is -2.58. The lowest BCUT2D eigenvalue weighted by atomic mass is 9.79. The highest BCUT2D eigenvalue weighted by Gasteiger charge is 2.39. The number of benzene rings is 1. The van der Waals surface area contributed by atoms with E-state index >= 15 is 0 Å². The van der Waals surface area contributed by atoms with Gasteiger partial charge in [-0.2, -0.15) is 0 Å². The number of likely N-dealkylation sites (tertiary alicyclic amines) is 1. The highest BCUT2D eigenvalue weighted by atomic mass is 32.1. The van der Waals surface area contributed by atoms with Crippen LogP contribution in [0.2, 0.25) is 0 Å². The molecule has 0 radical (unpaired) electrons. The van der Waals surface area contributed by atoms with E-state index < -0.39 is 36.1 Å². The second kappa shape index (κ2) is 25.8. The number of nitrogens with one attached hydrogen (secondary N) is 4. The Morgan fingerprint density at radius 1 is 0.984 bits per heavy atom. The van der Waals surface area contributed by atoms with Crippen LogP contribution in [-0.2, 0) is 35.0 Å². The van der Waals surface area contributed by atoms with Gasteiger partial charge in [0.15, 0.2) is 0 Å². The number of hydrogen-bond donors (Lipinski definition) is 5. The zero-order chi connectivity index (χ0) is 45.2. The highest BCUT2D eigenvalue weighted by Crippen LogP contribution is 2.34. The summed E-state index contributed by atoms with van der Waals surface area (Å²) in [5.74, 6) is -1.65. The van der Waals surface area contributed by atoms with Crippen LogP contribution in [0.4, 0.5) is 4.79 Å². The van der Waals surface area contributed by atoms with Gasteiger partial charge in [-0.1, -0.05) is 78.6 Å². The molecular weight excluding hydrogens is 813 g/mol. The molecular formula is C45H72N8O8S. The van der Waals surface area contributed by atoms with Crippen molar-refractivity contribution in [2.45, 2.75) is 136 Å². The van der Waals surface area contributed by atoms with Crippen molar-refractivity contribution in [1.82, 2.24) is 36.3 Å². The Morgan fingerprint density at radius 2 is 1.76 bits per heavy atom. The van der Waals surface area contributed by atoms with Gasteiger partial charge in [0.05, 0.1) is 25.2 Å². The molecule has 2 heterocycles. The molecule has 62 heavy (non-hydrogen) atoms. The summed E-state index contributed by atoms with van der Waals surface area (Å²) in [7, 11) is 1.98. The topological polar surface area (TPSA) is 207 Å². The maximum Gasteiger partial charge on any atom is 0.426 e. The molecule has 16 nitrogen and oxygen atoms in total. The van der Waals surface area contributed by atoms with E-state index in [0.717, 1.165) is 56.2 Å². The normalized spacial score (nSPS) is 19.7. The van der Waals surface area contributed by atoms with Crippen LogP contribution >= 0.6 is 11.3 Å². The van der Waals surface area contributed by atoms with Crippen molar-refractivity contribution in [3.05, 3.63) is 51.5 Å². The number of hydrogen-bond acceptors (Lipinski definition) is 12. The smallest absolute Gasteiger partial charge is 0.426 e. The lowest BCUT2D eigenvalue weighted by molar-refractivity contribution is -0.143. The second-order valence-electron chi connectivity index (χ2n) is 16.9. The molecule has 2 aromatic rings. The summed E-state index contributed by atoms with van der Waals surface area (Å²) in [5.41, 5.74) is 12.1. The SMILES string of the molecule is CCCOC(CC(C(C)C)N(CCC)C(=O)C(NC(=O)C1CCCCN1C)C(C)CC)c1nc(C(=O)NC2Cc3ccccc3C(C(=O)NNC(=O)OCCOCCN)C2)cs1. The van der Waals surface area contributed by atoms with E-state index in [9.17, 15) is 24.0 Å². The number of piperidine rings is 1. The van der Waals surface area contributed by atoms with E-state index in [0.29, 0.717) is 50.6 Å². The average Bonchev–Trinajstić information content (AvgIpc) is 3.77. The molecule has 1 aliphatic heterocycles. The maximum absolute atomic E-state index is 14.7. The molecule has 6 N–H and O–H groups in total. The van der Waals surface area contributed by atoms with Crippen molar-refractivity contribution in [2.75, 3.05) is 53.1 Å². The molecule has 0 spiro atoms. The van der Waals surface area contributed by atoms with Crippen LogP contribution < -0.4 is 27.2 Å². The van der Waals surface area contributed by atoms with Crippen LogP contribution in [0.25, 0.3) is 0 Å². The fraction of sp³-hybridized carbons (Fsp3) is 0.689. The number of aromatic nitrogens is 1. The minimum absolute atomic E-state index is 0.000502. The molecule has 346 valence electrons. The van der Waals surface area contributed by atoms with E-state index in [4.69, 9.17) is 24.9 Å². The Morgan fingerprint density at radius 3 is 2.45 bits per heavy atom. The van der Waals surface area contributed by atoms with Crippen molar-refractivity contribution < 1.29 is 38.2 Å². The second-order valence-corrected chi connectivity index (χ2v) is 17.8. The number of fused-ring (bicyclic) bond motifs is 1. The molecule has 0 bridgehead atoms. The Bertz CT molecular complexity index is 1740. The number of thiazole rings is 1. The molecule has 5 amide bonds. The lowest BCUT2D eigenvalue weighted by Gasteiger charge is -2.40. The Labute approximate surface area is 372 Å². The number of carbonyl (C=O) groups excluding carboxylic acids is 5. The summed E-state index contributed by atoms with van der Waals surface area (Å²) in [5, 5.41) is 8.66. The number of carbonyl (C=O) groups is 5. The molecule has 7 unspecified atom stereocenters. The van der Waals surface area contributed by atoms with E-state index in [-0.39, 0.29) is 60.5 Å². The summed E-state index contributed by atoms with van der Waals surface area (Å²) < 4.78 is 16.7. The molecule has 1 aliphatic carbocycles. The van der Waals surface area contributed by atoms with Crippen molar-refractivity contribution in [3.63, 3.8) is 0 Å². The Hall–Kier alpha value is -4.16. The third kappa shape index (κ3) is 14.4. The van der Waals surface area contributed by atoms with Gasteiger partial charge in [0, 0.05) is 43.6 Å². The summed E-state index contributed by atoms with van der Waals surface area (Å²) in [4.78, 5) is 76.7. The van der Waals surface area contributed by atoms with Crippen LogP contribution in [0.1, 0.15) is 132 Å². The zero-order valence-corrected chi connectivity index (χ0v) is 38.7. The monoisotopic (exact) mass is 885 g/mol. The number of amides is 5. The fourth-order valence-electron chi connectivity index (χ4n) is 8.27. The van der Waals surface area contributed by atoms with Gasteiger partial charge in [0.2, 0.25) is 17.7 Å². The van der Waals surface area contributed by atoms with Crippen LogP contribution in [0.3, 0.4) is 0 Å². The molecule has 1 fully saturated rings. The number of hydrazine groups is 1. The van der Waals surface area contributed by atoms with Gasteiger partial charge in [-0.3, -0.25) is 29.5 Å². The number of nitrogens with zero attached hydrogens (tertiary/aromatic N) is 3. The van der Waals surface area contributed by atoms with E-state index in [1.54, 1.807) is 5.38 Å². The van der Waals surface area contributed by atoms with Crippen LogP contribution in [0.5, 0.6) is 0 Å². The molecule has 7 atom stereocenters. The first-order valence-electron chi connectivity index (χ1n) is 22.6. The van der Waals surface area contributed by atoms with Gasteiger partial charge in [-0.05, 0) is 75.1 Å². The predicted molar refractivity (Wildman–Crippen MR) is 239 cm³/mol. The molecule has 1 aromatic heterocycles. The summed E-state index contributed by atoms with van der Waals surface area (Å²) in [6.45, 7) is 15.1. The quantitative estimate of drug-likeness (QED) is 0.0754. The summed E-state index contributed by atoms with van der Waals surface area (Å²) in [6.07, 6.45) is 5.04. The molecule has 0 saturated carbocycles. The van der Waals surface area contributed by atoms with Gasteiger partial charge in [-0.15, -0.1) is 11.3 Å². The van der Waals surface area contributed by atoms with Crippen molar-refractivity contribution in [3.8, 4) is 0 Å².